The number of anilines is 3. The van der Waals surface area contributed by atoms with Crippen LogP contribution in [0.25, 0.3) is 0 Å². The molecule has 0 bridgehead atoms. The standard InChI is InChI=1S/C21H17Cl2N3O2S2/c22-15-11-16(23)13-18(12-15)25-21(29)24-17-5-7-19(8-6-17)30(27,28)26-10-9-14-3-1-2-4-20(14)26/h1-8,11-13H,9-10H2,(H2,24,25,29). The lowest BCUT2D eigenvalue weighted by Crippen LogP contribution is -2.29. The summed E-state index contributed by atoms with van der Waals surface area (Å²) in [5.74, 6) is 0. The van der Waals surface area contributed by atoms with Gasteiger partial charge in [0.25, 0.3) is 10.0 Å². The molecule has 3 aromatic rings. The van der Waals surface area contributed by atoms with Crippen molar-refractivity contribution in [3.05, 3.63) is 82.3 Å². The first-order chi connectivity index (χ1) is 14.3. The van der Waals surface area contributed by atoms with E-state index in [0.717, 1.165) is 11.3 Å². The van der Waals surface area contributed by atoms with E-state index in [1.165, 1.54) is 4.31 Å². The van der Waals surface area contributed by atoms with Crippen LogP contribution in [-0.4, -0.2) is 20.1 Å². The Labute approximate surface area is 190 Å². The lowest BCUT2D eigenvalue weighted by molar-refractivity contribution is 0.592. The van der Waals surface area contributed by atoms with Crippen LogP contribution in [-0.2, 0) is 16.4 Å². The molecule has 0 saturated heterocycles. The summed E-state index contributed by atoms with van der Waals surface area (Å²) in [5.41, 5.74) is 3.08. The molecule has 5 nitrogen and oxygen atoms in total. The smallest absolute Gasteiger partial charge is 0.264 e. The van der Waals surface area contributed by atoms with E-state index in [1.807, 2.05) is 24.3 Å². The zero-order valence-electron chi connectivity index (χ0n) is 15.6. The number of para-hydroxylation sites is 1. The normalized spacial score (nSPS) is 13.1. The fourth-order valence-corrected chi connectivity index (χ4v) is 5.58. The molecular weight excluding hydrogens is 461 g/mol. The maximum atomic E-state index is 13.1. The van der Waals surface area contributed by atoms with Crippen molar-refractivity contribution < 1.29 is 8.42 Å². The molecule has 0 aliphatic carbocycles. The maximum Gasteiger partial charge on any atom is 0.264 e. The van der Waals surface area contributed by atoms with Gasteiger partial charge in [-0.2, -0.15) is 0 Å². The second-order valence-electron chi connectivity index (χ2n) is 6.72. The lowest BCUT2D eigenvalue weighted by atomic mass is 10.2. The summed E-state index contributed by atoms with van der Waals surface area (Å²) in [6, 6.07) is 19.1. The highest BCUT2D eigenvalue weighted by molar-refractivity contribution is 7.92. The minimum absolute atomic E-state index is 0.227. The third-order valence-corrected chi connectivity index (χ3v) is 7.13. The zero-order valence-corrected chi connectivity index (χ0v) is 18.7. The van der Waals surface area contributed by atoms with Gasteiger partial charge in [-0.3, -0.25) is 4.31 Å². The van der Waals surface area contributed by atoms with Crippen molar-refractivity contribution in [1.29, 1.82) is 0 Å². The highest BCUT2D eigenvalue weighted by Crippen LogP contribution is 2.33. The molecule has 0 saturated carbocycles. The van der Waals surface area contributed by atoms with Gasteiger partial charge in [-0.25, -0.2) is 8.42 Å². The summed E-state index contributed by atoms with van der Waals surface area (Å²) >= 11 is 17.3. The van der Waals surface area contributed by atoms with Crippen LogP contribution >= 0.6 is 35.4 Å². The molecule has 9 heteroatoms. The van der Waals surface area contributed by atoms with Crippen molar-refractivity contribution in [1.82, 2.24) is 0 Å². The van der Waals surface area contributed by atoms with Gasteiger partial charge in [0.15, 0.2) is 5.11 Å². The summed E-state index contributed by atoms with van der Waals surface area (Å²) in [4.78, 5) is 0.227. The topological polar surface area (TPSA) is 61.4 Å². The highest BCUT2D eigenvalue weighted by Gasteiger charge is 2.30. The van der Waals surface area contributed by atoms with Crippen molar-refractivity contribution >= 4 is 67.6 Å². The van der Waals surface area contributed by atoms with Crippen LogP contribution in [0.4, 0.5) is 17.1 Å². The van der Waals surface area contributed by atoms with Gasteiger partial charge in [0.1, 0.15) is 0 Å². The number of halogens is 2. The molecule has 0 spiro atoms. The van der Waals surface area contributed by atoms with Crippen molar-refractivity contribution in [2.45, 2.75) is 11.3 Å². The third kappa shape index (κ3) is 4.39. The molecule has 30 heavy (non-hydrogen) atoms. The molecule has 1 aliphatic rings. The number of hydrogen-bond acceptors (Lipinski definition) is 3. The van der Waals surface area contributed by atoms with E-state index in [-0.39, 0.29) is 4.90 Å². The van der Waals surface area contributed by atoms with Gasteiger partial charge in [0.05, 0.1) is 10.6 Å². The highest BCUT2D eigenvalue weighted by atomic mass is 35.5. The largest absolute Gasteiger partial charge is 0.332 e. The van der Waals surface area contributed by atoms with Crippen molar-refractivity contribution in [3.63, 3.8) is 0 Å². The molecule has 154 valence electrons. The molecule has 0 unspecified atom stereocenters. The number of fused-ring (bicyclic) bond motifs is 1. The fourth-order valence-electron chi connectivity index (χ4n) is 3.31. The summed E-state index contributed by atoms with van der Waals surface area (Å²) in [6.45, 7) is 0.442. The Morgan fingerprint density at radius 2 is 1.53 bits per heavy atom. The van der Waals surface area contributed by atoms with Gasteiger partial charge in [0, 0.05) is 28.0 Å². The Bertz CT molecular complexity index is 1190. The number of thiocarbonyl (C=S) groups is 1. The predicted molar refractivity (Wildman–Crippen MR) is 127 cm³/mol. The quantitative estimate of drug-likeness (QED) is 0.482. The van der Waals surface area contributed by atoms with Gasteiger partial charge in [-0.1, -0.05) is 41.4 Å². The average molecular weight is 478 g/mol. The van der Waals surface area contributed by atoms with Crippen LogP contribution in [0.15, 0.2) is 71.6 Å². The Balaban J connectivity index is 1.47. The molecule has 0 fully saturated rings. The molecule has 0 radical (unpaired) electrons. The molecule has 2 N–H and O–H groups in total. The summed E-state index contributed by atoms with van der Waals surface area (Å²) in [7, 11) is -3.63. The van der Waals surface area contributed by atoms with Gasteiger partial charge >= 0.3 is 0 Å². The molecule has 3 aromatic carbocycles. The molecule has 1 heterocycles. The molecular formula is C21H17Cl2N3O2S2. The summed E-state index contributed by atoms with van der Waals surface area (Å²) in [5, 5.41) is 7.33. The Hall–Kier alpha value is -2.32. The number of benzene rings is 3. The van der Waals surface area contributed by atoms with Gasteiger partial charge in [-0.05, 0) is 72.7 Å². The van der Waals surface area contributed by atoms with Crippen LogP contribution in [0.5, 0.6) is 0 Å². The molecule has 0 atom stereocenters. The van der Waals surface area contributed by atoms with E-state index < -0.39 is 10.0 Å². The number of hydrogen-bond donors (Lipinski definition) is 2. The van der Waals surface area contributed by atoms with Gasteiger partial charge in [-0.15, -0.1) is 0 Å². The van der Waals surface area contributed by atoms with Crippen LogP contribution < -0.4 is 14.9 Å². The van der Waals surface area contributed by atoms with Crippen molar-refractivity contribution in [3.8, 4) is 0 Å². The first-order valence-corrected chi connectivity index (χ1v) is 11.7. The number of sulfonamides is 1. The lowest BCUT2D eigenvalue weighted by Gasteiger charge is -2.20. The van der Waals surface area contributed by atoms with E-state index in [2.05, 4.69) is 10.6 Å². The van der Waals surface area contributed by atoms with E-state index in [0.29, 0.717) is 39.5 Å². The monoisotopic (exact) mass is 477 g/mol. The number of rotatable bonds is 4. The SMILES string of the molecule is O=S(=O)(c1ccc(NC(=S)Nc2cc(Cl)cc(Cl)c2)cc1)N1CCc2ccccc21. The van der Waals surface area contributed by atoms with Crippen molar-refractivity contribution in [2.24, 2.45) is 0 Å². The van der Waals surface area contributed by atoms with Crippen molar-refractivity contribution in [2.75, 3.05) is 21.5 Å². The minimum Gasteiger partial charge on any atom is -0.332 e. The number of nitrogens with one attached hydrogen (secondary N) is 2. The summed E-state index contributed by atoms with van der Waals surface area (Å²) in [6.07, 6.45) is 0.711. The predicted octanol–water partition coefficient (Wildman–Crippen LogP) is 5.55. The van der Waals surface area contributed by atoms with E-state index in [9.17, 15) is 8.42 Å². The van der Waals surface area contributed by atoms with Crippen LogP contribution in [0, 0.1) is 0 Å². The first kappa shape index (κ1) is 20.9. The number of nitrogens with zero attached hydrogens (tertiary/aromatic N) is 1. The molecule has 0 amide bonds. The molecule has 0 aromatic heterocycles. The Morgan fingerprint density at radius 1 is 0.900 bits per heavy atom. The summed E-state index contributed by atoms with van der Waals surface area (Å²) < 4.78 is 27.6. The minimum atomic E-state index is -3.63. The van der Waals surface area contributed by atoms with Gasteiger partial charge in [0.2, 0.25) is 0 Å². The second-order valence-corrected chi connectivity index (χ2v) is 9.86. The van der Waals surface area contributed by atoms with Gasteiger partial charge < -0.3 is 10.6 Å². The Kier molecular flexibility index (Phi) is 5.88. The fraction of sp³-hybridized carbons (Fsp3) is 0.0952. The average Bonchev–Trinajstić information content (AvgIpc) is 3.12. The van der Waals surface area contributed by atoms with E-state index >= 15 is 0 Å². The molecule has 1 aliphatic heterocycles. The maximum absolute atomic E-state index is 13.1. The van der Waals surface area contributed by atoms with Crippen LogP contribution in [0.2, 0.25) is 10.0 Å². The van der Waals surface area contributed by atoms with E-state index in [1.54, 1.807) is 42.5 Å². The van der Waals surface area contributed by atoms with E-state index in [4.69, 9.17) is 35.4 Å². The Morgan fingerprint density at radius 3 is 2.23 bits per heavy atom. The first-order valence-electron chi connectivity index (χ1n) is 9.08. The van der Waals surface area contributed by atoms with Crippen LogP contribution in [0.3, 0.4) is 0 Å². The third-order valence-electron chi connectivity index (χ3n) is 4.67. The molecule has 4 rings (SSSR count). The zero-order chi connectivity index (χ0) is 21.3. The van der Waals surface area contributed by atoms with Crippen LogP contribution in [0.1, 0.15) is 5.56 Å². The second kappa shape index (κ2) is 8.43.